The van der Waals surface area contributed by atoms with E-state index in [1.807, 2.05) is 18.7 Å². The van der Waals surface area contributed by atoms with E-state index in [-0.39, 0.29) is 29.4 Å². The molecule has 2 aromatic heterocycles. The largest absolute Gasteiger partial charge is 0.487 e. The first-order valence-electron chi connectivity index (χ1n) is 11.2. The summed E-state index contributed by atoms with van der Waals surface area (Å²) in [4.78, 5) is 21.3. The Hall–Kier alpha value is -2.65. The number of primary sulfonamides is 1. The van der Waals surface area contributed by atoms with Crippen molar-refractivity contribution in [3.63, 3.8) is 0 Å². The zero-order chi connectivity index (χ0) is 25.2. The molecule has 12 nitrogen and oxygen atoms in total. The summed E-state index contributed by atoms with van der Waals surface area (Å²) in [5.74, 6) is 0.534. The molecule has 0 unspecified atom stereocenters. The van der Waals surface area contributed by atoms with Gasteiger partial charge in [-0.15, -0.1) is 16.4 Å². The molecule has 3 N–H and O–H groups in total. The second-order valence-corrected chi connectivity index (χ2v) is 11.5. The van der Waals surface area contributed by atoms with E-state index in [1.165, 1.54) is 0 Å². The fourth-order valence-corrected chi connectivity index (χ4v) is 5.68. The molecule has 1 amide bonds. The minimum Gasteiger partial charge on any atom is -0.487 e. The number of thiazole rings is 1. The van der Waals surface area contributed by atoms with Gasteiger partial charge in [-0.05, 0) is 24.1 Å². The number of carbonyl (C=O) groups is 1. The summed E-state index contributed by atoms with van der Waals surface area (Å²) in [5.41, 5.74) is 1.08. The topological polar surface area (TPSA) is 157 Å². The van der Waals surface area contributed by atoms with Crippen molar-refractivity contribution in [1.82, 2.24) is 29.8 Å². The smallest absolute Gasteiger partial charge is 0.265 e. The molecule has 3 aromatic rings. The lowest BCUT2D eigenvalue weighted by Crippen LogP contribution is -2.51. The number of hydrogen-bond acceptors (Lipinski definition) is 10. The SMILES string of the molecule is CC(C)[C@@H](C(=O)N1CCN(CCO)CC1)n1cc(COc2ccc3nc(S(N)(=O)=O)sc3c2)nn1. The predicted molar refractivity (Wildman–Crippen MR) is 129 cm³/mol. The Morgan fingerprint density at radius 1 is 1.26 bits per heavy atom. The van der Waals surface area contributed by atoms with E-state index in [0.29, 0.717) is 41.3 Å². The lowest BCUT2D eigenvalue weighted by atomic mass is 10.0. The highest BCUT2D eigenvalue weighted by atomic mass is 32.2. The van der Waals surface area contributed by atoms with Crippen LogP contribution in [0.4, 0.5) is 0 Å². The van der Waals surface area contributed by atoms with E-state index >= 15 is 0 Å². The first kappa shape index (κ1) is 25.4. The van der Waals surface area contributed by atoms with Crippen LogP contribution in [-0.4, -0.2) is 88.5 Å². The quantitative estimate of drug-likeness (QED) is 0.406. The van der Waals surface area contributed by atoms with Crippen LogP contribution in [0.1, 0.15) is 25.6 Å². The Morgan fingerprint density at radius 2 is 2.00 bits per heavy atom. The molecule has 1 aromatic carbocycles. The summed E-state index contributed by atoms with van der Waals surface area (Å²) < 4.78 is 31.0. The van der Waals surface area contributed by atoms with Crippen molar-refractivity contribution in [2.75, 3.05) is 39.3 Å². The Morgan fingerprint density at radius 3 is 2.66 bits per heavy atom. The lowest BCUT2D eigenvalue weighted by Gasteiger charge is -2.36. The van der Waals surface area contributed by atoms with Crippen molar-refractivity contribution in [3.8, 4) is 5.75 Å². The molecule has 1 saturated heterocycles. The number of nitrogens with two attached hydrogens (primary N) is 1. The van der Waals surface area contributed by atoms with Crippen LogP contribution in [0.15, 0.2) is 28.7 Å². The van der Waals surface area contributed by atoms with Gasteiger partial charge in [0.15, 0.2) is 0 Å². The van der Waals surface area contributed by atoms with E-state index in [0.717, 1.165) is 24.4 Å². The van der Waals surface area contributed by atoms with Crippen molar-refractivity contribution >= 4 is 37.5 Å². The highest BCUT2D eigenvalue weighted by molar-refractivity contribution is 7.91. The van der Waals surface area contributed by atoms with Crippen LogP contribution in [0.25, 0.3) is 10.2 Å². The number of carbonyl (C=O) groups excluding carboxylic acids is 1. The molecule has 1 fully saturated rings. The van der Waals surface area contributed by atoms with Gasteiger partial charge < -0.3 is 14.7 Å². The summed E-state index contributed by atoms with van der Waals surface area (Å²) in [6.45, 7) is 7.50. The molecule has 0 spiro atoms. The van der Waals surface area contributed by atoms with Crippen LogP contribution in [0.2, 0.25) is 0 Å². The summed E-state index contributed by atoms with van der Waals surface area (Å²) in [7, 11) is -3.86. The monoisotopic (exact) mass is 523 g/mol. The molecule has 0 radical (unpaired) electrons. The molecule has 4 rings (SSSR count). The third-order valence-corrected chi connectivity index (χ3v) is 8.14. The number of sulfonamides is 1. The number of fused-ring (bicyclic) bond motifs is 1. The molecule has 35 heavy (non-hydrogen) atoms. The number of aliphatic hydroxyl groups is 1. The molecule has 3 heterocycles. The minimum atomic E-state index is -3.86. The first-order chi connectivity index (χ1) is 16.7. The number of aromatic nitrogens is 4. The van der Waals surface area contributed by atoms with E-state index < -0.39 is 16.1 Å². The molecule has 14 heteroatoms. The molecule has 0 aliphatic carbocycles. The second kappa shape index (κ2) is 10.5. The average Bonchev–Trinajstić information content (AvgIpc) is 3.45. The number of piperazine rings is 1. The van der Waals surface area contributed by atoms with Crippen LogP contribution >= 0.6 is 11.3 Å². The van der Waals surface area contributed by atoms with E-state index in [4.69, 9.17) is 15.0 Å². The van der Waals surface area contributed by atoms with Gasteiger partial charge in [-0.2, -0.15) is 0 Å². The second-order valence-electron chi connectivity index (χ2n) is 8.71. The van der Waals surface area contributed by atoms with Gasteiger partial charge in [-0.3, -0.25) is 9.69 Å². The van der Waals surface area contributed by atoms with Crippen molar-refractivity contribution < 1.29 is 23.1 Å². The van der Waals surface area contributed by atoms with Gasteiger partial charge in [-0.25, -0.2) is 23.2 Å². The third kappa shape index (κ3) is 5.95. The molecular weight excluding hydrogens is 494 g/mol. The summed E-state index contributed by atoms with van der Waals surface area (Å²) in [6.07, 6.45) is 1.72. The van der Waals surface area contributed by atoms with Gasteiger partial charge in [0.25, 0.3) is 10.0 Å². The highest BCUT2D eigenvalue weighted by Gasteiger charge is 2.31. The fourth-order valence-electron chi connectivity index (χ4n) is 3.99. The van der Waals surface area contributed by atoms with Gasteiger partial charge in [0.05, 0.1) is 23.0 Å². The molecule has 0 bridgehead atoms. The zero-order valence-electron chi connectivity index (χ0n) is 19.6. The van der Waals surface area contributed by atoms with Crippen molar-refractivity contribution in [2.24, 2.45) is 11.1 Å². The minimum absolute atomic E-state index is 0.00215. The van der Waals surface area contributed by atoms with Gasteiger partial charge in [0.2, 0.25) is 10.2 Å². The molecular formula is C21H29N7O5S2. The van der Waals surface area contributed by atoms with Crippen molar-refractivity contribution in [2.45, 2.75) is 30.8 Å². The van der Waals surface area contributed by atoms with Crippen LogP contribution in [0, 0.1) is 5.92 Å². The Labute approximate surface area is 207 Å². The summed E-state index contributed by atoms with van der Waals surface area (Å²) in [6, 6.07) is 4.57. The standard InChI is InChI=1S/C21H29N7O5S2/c1-14(2)19(20(30)27-7-5-26(6-8-27)9-10-29)28-12-15(24-25-28)13-33-16-3-4-17-18(11-16)34-21(23-17)35(22,31)32/h3-4,11-12,14,19,29H,5-10,13H2,1-2H3,(H2,22,31,32)/t19-/m0/s1. The maximum absolute atomic E-state index is 13.3. The highest BCUT2D eigenvalue weighted by Crippen LogP contribution is 2.28. The molecule has 190 valence electrons. The van der Waals surface area contributed by atoms with Crippen molar-refractivity contribution in [3.05, 3.63) is 30.1 Å². The van der Waals surface area contributed by atoms with Crippen LogP contribution in [-0.2, 0) is 21.4 Å². The van der Waals surface area contributed by atoms with E-state index in [9.17, 15) is 13.2 Å². The number of aliphatic hydroxyl groups excluding tert-OH is 1. The lowest BCUT2D eigenvalue weighted by molar-refractivity contribution is -0.138. The fraction of sp³-hybridized carbons (Fsp3) is 0.524. The number of benzene rings is 1. The summed E-state index contributed by atoms with van der Waals surface area (Å²) >= 11 is 0.977. The van der Waals surface area contributed by atoms with E-state index in [2.05, 4.69) is 20.2 Å². The molecule has 1 aliphatic rings. The van der Waals surface area contributed by atoms with Gasteiger partial charge in [0, 0.05) is 32.7 Å². The Bertz CT molecular complexity index is 1280. The van der Waals surface area contributed by atoms with E-state index in [1.54, 1.807) is 29.1 Å². The average molecular weight is 524 g/mol. The molecule has 0 saturated carbocycles. The van der Waals surface area contributed by atoms with Gasteiger partial charge in [-0.1, -0.05) is 19.1 Å². The number of nitrogens with zero attached hydrogens (tertiary/aromatic N) is 6. The maximum Gasteiger partial charge on any atom is 0.265 e. The summed E-state index contributed by atoms with van der Waals surface area (Å²) in [5, 5.41) is 22.7. The number of hydrogen-bond donors (Lipinski definition) is 2. The predicted octanol–water partition coefficient (Wildman–Crippen LogP) is 0.448. The van der Waals surface area contributed by atoms with Crippen LogP contribution in [0.5, 0.6) is 5.75 Å². The number of β-amino-alcohol motifs (C(OH)–C–C–N with tert-alkyl or cyclic N) is 1. The van der Waals surface area contributed by atoms with Gasteiger partial charge in [0.1, 0.15) is 24.1 Å². The van der Waals surface area contributed by atoms with Gasteiger partial charge >= 0.3 is 0 Å². The van der Waals surface area contributed by atoms with Crippen LogP contribution in [0.3, 0.4) is 0 Å². The number of amides is 1. The first-order valence-corrected chi connectivity index (χ1v) is 13.6. The molecule has 1 aliphatic heterocycles. The zero-order valence-corrected chi connectivity index (χ0v) is 21.2. The number of ether oxygens (including phenoxy) is 1. The Balaban J connectivity index is 1.41. The van der Waals surface area contributed by atoms with Crippen LogP contribution < -0.4 is 9.88 Å². The third-order valence-electron chi connectivity index (χ3n) is 5.80. The Kier molecular flexibility index (Phi) is 7.66. The maximum atomic E-state index is 13.3. The number of rotatable bonds is 9. The molecule has 1 atom stereocenters. The van der Waals surface area contributed by atoms with Crippen molar-refractivity contribution in [1.29, 1.82) is 0 Å². The normalized spacial score (nSPS) is 16.2.